The Balaban J connectivity index is 2.02. The molecule has 6 heteroatoms. The first-order valence-corrected chi connectivity index (χ1v) is 8.15. The van der Waals surface area contributed by atoms with Crippen molar-refractivity contribution in [3.8, 4) is 0 Å². The summed E-state index contributed by atoms with van der Waals surface area (Å²) in [5, 5.41) is 6.30. The summed E-state index contributed by atoms with van der Waals surface area (Å²) < 4.78 is 5.44. The first kappa shape index (κ1) is 18.0. The molecular formula is C18H25N3O3. The van der Waals surface area contributed by atoms with E-state index in [0.717, 1.165) is 23.9 Å². The van der Waals surface area contributed by atoms with Gasteiger partial charge in [0.2, 0.25) is 5.91 Å². The number of rotatable bonds is 7. The van der Waals surface area contributed by atoms with Crippen LogP contribution in [0.25, 0.3) is 11.0 Å². The maximum absolute atomic E-state index is 12.5. The SMILES string of the molecule is CCc1ccc2occ(C(=O)NC(C)C(=O)NCCN(C)C)c2c1. The molecule has 24 heavy (non-hydrogen) atoms. The predicted octanol–water partition coefficient (Wildman–Crippen LogP) is 1.79. The van der Waals surface area contributed by atoms with Crippen LogP contribution in [-0.2, 0) is 11.2 Å². The zero-order chi connectivity index (χ0) is 17.7. The lowest BCUT2D eigenvalue weighted by molar-refractivity contribution is -0.122. The van der Waals surface area contributed by atoms with E-state index in [0.29, 0.717) is 17.7 Å². The van der Waals surface area contributed by atoms with Gasteiger partial charge in [0, 0.05) is 18.5 Å². The number of benzene rings is 1. The van der Waals surface area contributed by atoms with Gasteiger partial charge in [0.1, 0.15) is 17.9 Å². The minimum Gasteiger partial charge on any atom is -0.463 e. The highest BCUT2D eigenvalue weighted by atomic mass is 16.3. The number of hydrogen-bond donors (Lipinski definition) is 2. The Labute approximate surface area is 142 Å². The standard InChI is InChI=1S/C18H25N3O3/c1-5-13-6-7-16-14(10-13)15(11-24-16)18(23)20-12(2)17(22)19-8-9-21(3)4/h6-7,10-12H,5,8-9H2,1-4H3,(H,19,22)(H,20,23). The van der Waals surface area contributed by atoms with E-state index in [1.165, 1.54) is 6.26 Å². The number of nitrogens with one attached hydrogen (secondary N) is 2. The largest absolute Gasteiger partial charge is 0.463 e. The minimum absolute atomic E-state index is 0.202. The lowest BCUT2D eigenvalue weighted by atomic mass is 10.1. The maximum Gasteiger partial charge on any atom is 0.255 e. The molecular weight excluding hydrogens is 306 g/mol. The van der Waals surface area contributed by atoms with Crippen LogP contribution in [0, 0.1) is 0 Å². The van der Waals surface area contributed by atoms with Crippen LogP contribution in [0.5, 0.6) is 0 Å². The first-order valence-electron chi connectivity index (χ1n) is 8.15. The molecule has 1 aromatic carbocycles. The van der Waals surface area contributed by atoms with Gasteiger partial charge in [-0.2, -0.15) is 0 Å². The van der Waals surface area contributed by atoms with Crippen LogP contribution >= 0.6 is 0 Å². The van der Waals surface area contributed by atoms with E-state index in [-0.39, 0.29) is 11.8 Å². The summed E-state index contributed by atoms with van der Waals surface area (Å²) in [6.45, 7) is 5.02. The smallest absolute Gasteiger partial charge is 0.255 e. The highest BCUT2D eigenvalue weighted by Crippen LogP contribution is 2.23. The fourth-order valence-electron chi connectivity index (χ4n) is 2.37. The molecule has 0 saturated carbocycles. The Morgan fingerprint density at radius 2 is 2.04 bits per heavy atom. The molecule has 130 valence electrons. The van der Waals surface area contributed by atoms with Crippen molar-refractivity contribution in [2.75, 3.05) is 27.2 Å². The van der Waals surface area contributed by atoms with Crippen LogP contribution < -0.4 is 10.6 Å². The van der Waals surface area contributed by atoms with Crippen molar-refractivity contribution < 1.29 is 14.0 Å². The van der Waals surface area contributed by atoms with Crippen molar-refractivity contribution in [3.05, 3.63) is 35.6 Å². The number of nitrogens with zero attached hydrogens (tertiary/aromatic N) is 1. The maximum atomic E-state index is 12.5. The Morgan fingerprint density at radius 3 is 2.71 bits per heavy atom. The molecule has 1 atom stereocenters. The average molecular weight is 331 g/mol. The summed E-state index contributed by atoms with van der Waals surface area (Å²) in [5.41, 5.74) is 2.25. The van der Waals surface area contributed by atoms with E-state index in [4.69, 9.17) is 4.42 Å². The number of aryl methyl sites for hydroxylation is 1. The lowest BCUT2D eigenvalue weighted by Crippen LogP contribution is -2.46. The number of amides is 2. The highest BCUT2D eigenvalue weighted by Gasteiger charge is 2.19. The normalized spacial score (nSPS) is 12.4. The molecule has 0 aliphatic carbocycles. The minimum atomic E-state index is -0.612. The topological polar surface area (TPSA) is 74.6 Å². The molecule has 0 bridgehead atoms. The third-order valence-electron chi connectivity index (χ3n) is 3.89. The van der Waals surface area contributed by atoms with Crippen LogP contribution in [0.2, 0.25) is 0 Å². The lowest BCUT2D eigenvalue weighted by Gasteiger charge is -2.15. The van der Waals surface area contributed by atoms with Crippen molar-refractivity contribution >= 4 is 22.8 Å². The second kappa shape index (κ2) is 7.97. The third kappa shape index (κ3) is 4.35. The summed E-state index contributed by atoms with van der Waals surface area (Å²) >= 11 is 0. The Morgan fingerprint density at radius 1 is 1.29 bits per heavy atom. The molecule has 0 radical (unpaired) electrons. The molecule has 1 unspecified atom stereocenters. The Kier molecular flexibility index (Phi) is 5.98. The predicted molar refractivity (Wildman–Crippen MR) is 94.1 cm³/mol. The highest BCUT2D eigenvalue weighted by molar-refractivity contribution is 6.07. The molecule has 0 spiro atoms. The Bertz CT molecular complexity index is 721. The molecule has 1 heterocycles. The number of carbonyl (C=O) groups is 2. The van der Waals surface area contributed by atoms with Crippen molar-refractivity contribution in [1.82, 2.24) is 15.5 Å². The van der Waals surface area contributed by atoms with E-state index >= 15 is 0 Å². The first-order chi connectivity index (χ1) is 11.4. The molecule has 0 aliphatic rings. The van der Waals surface area contributed by atoms with Gasteiger partial charge in [-0.1, -0.05) is 13.0 Å². The van der Waals surface area contributed by atoms with Gasteiger partial charge < -0.3 is 20.0 Å². The zero-order valence-electron chi connectivity index (χ0n) is 14.7. The quantitative estimate of drug-likeness (QED) is 0.811. The third-order valence-corrected chi connectivity index (χ3v) is 3.89. The molecule has 2 rings (SSSR count). The van der Waals surface area contributed by atoms with Gasteiger partial charge in [-0.3, -0.25) is 9.59 Å². The van der Waals surface area contributed by atoms with Crippen LogP contribution in [0.4, 0.5) is 0 Å². The van der Waals surface area contributed by atoms with E-state index in [9.17, 15) is 9.59 Å². The van der Waals surface area contributed by atoms with E-state index in [2.05, 4.69) is 17.6 Å². The molecule has 2 aromatic rings. The Hall–Kier alpha value is -2.34. The summed E-state index contributed by atoms with van der Waals surface area (Å²) in [7, 11) is 3.87. The van der Waals surface area contributed by atoms with Crippen molar-refractivity contribution in [3.63, 3.8) is 0 Å². The monoisotopic (exact) mass is 331 g/mol. The number of carbonyl (C=O) groups excluding carboxylic acids is 2. The van der Waals surface area contributed by atoms with Crippen LogP contribution in [0.15, 0.2) is 28.9 Å². The van der Waals surface area contributed by atoms with Gasteiger partial charge in [-0.05, 0) is 45.1 Å². The van der Waals surface area contributed by atoms with Gasteiger partial charge in [-0.25, -0.2) is 0 Å². The van der Waals surface area contributed by atoms with E-state index in [1.807, 2.05) is 37.2 Å². The molecule has 6 nitrogen and oxygen atoms in total. The molecule has 0 fully saturated rings. The van der Waals surface area contributed by atoms with Gasteiger partial charge in [0.25, 0.3) is 5.91 Å². The molecule has 1 aromatic heterocycles. The molecule has 0 saturated heterocycles. The number of furan rings is 1. The summed E-state index contributed by atoms with van der Waals surface area (Å²) in [6, 6.07) is 5.19. The second-order valence-corrected chi connectivity index (χ2v) is 6.12. The molecule has 0 aliphatic heterocycles. The summed E-state index contributed by atoms with van der Waals surface area (Å²) in [6.07, 6.45) is 2.32. The van der Waals surface area contributed by atoms with Crippen molar-refractivity contribution in [2.24, 2.45) is 0 Å². The van der Waals surface area contributed by atoms with Crippen molar-refractivity contribution in [2.45, 2.75) is 26.3 Å². The fourth-order valence-corrected chi connectivity index (χ4v) is 2.37. The fraction of sp³-hybridized carbons (Fsp3) is 0.444. The molecule has 2 amide bonds. The second-order valence-electron chi connectivity index (χ2n) is 6.12. The number of hydrogen-bond acceptors (Lipinski definition) is 4. The molecule has 2 N–H and O–H groups in total. The number of fused-ring (bicyclic) bond motifs is 1. The van der Waals surface area contributed by atoms with Gasteiger partial charge in [-0.15, -0.1) is 0 Å². The summed E-state index contributed by atoms with van der Waals surface area (Å²) in [5.74, 6) is -0.510. The van der Waals surface area contributed by atoms with Gasteiger partial charge in [0.15, 0.2) is 0 Å². The van der Waals surface area contributed by atoms with Crippen LogP contribution in [0.1, 0.15) is 29.8 Å². The number of likely N-dealkylation sites (N-methyl/N-ethyl adjacent to an activating group) is 1. The van der Waals surface area contributed by atoms with Crippen molar-refractivity contribution in [1.29, 1.82) is 0 Å². The zero-order valence-corrected chi connectivity index (χ0v) is 14.7. The van der Waals surface area contributed by atoms with Crippen LogP contribution in [-0.4, -0.2) is 49.9 Å². The average Bonchev–Trinajstić information content (AvgIpc) is 2.97. The van der Waals surface area contributed by atoms with Crippen LogP contribution in [0.3, 0.4) is 0 Å². The van der Waals surface area contributed by atoms with E-state index < -0.39 is 6.04 Å². The summed E-state index contributed by atoms with van der Waals surface area (Å²) in [4.78, 5) is 26.5. The van der Waals surface area contributed by atoms with Gasteiger partial charge >= 0.3 is 0 Å². The van der Waals surface area contributed by atoms with Gasteiger partial charge in [0.05, 0.1) is 5.56 Å². The van der Waals surface area contributed by atoms with E-state index in [1.54, 1.807) is 6.92 Å².